The van der Waals surface area contributed by atoms with E-state index in [0.717, 1.165) is 5.69 Å². The molecule has 4 aromatic rings. The lowest BCUT2D eigenvalue weighted by molar-refractivity contribution is -0.139. The molecule has 0 amide bonds. The van der Waals surface area contributed by atoms with Gasteiger partial charge in [-0.1, -0.05) is 23.2 Å². The minimum absolute atomic E-state index is 0.0807. The van der Waals surface area contributed by atoms with Crippen molar-refractivity contribution < 1.29 is 24.2 Å². The summed E-state index contributed by atoms with van der Waals surface area (Å²) >= 11 is 12.3. The molecule has 0 fully saturated rings. The molecule has 0 aliphatic carbocycles. The van der Waals surface area contributed by atoms with Crippen molar-refractivity contribution in [2.45, 2.75) is 18.8 Å². The molecule has 0 saturated carbocycles. The predicted octanol–water partition coefficient (Wildman–Crippen LogP) is 6.35. The smallest absolute Gasteiger partial charge is 0.311 e. The van der Waals surface area contributed by atoms with Crippen LogP contribution >= 0.6 is 23.2 Å². The Morgan fingerprint density at radius 1 is 1.06 bits per heavy atom. The number of rotatable bonds is 7. The topological polar surface area (TPSA) is 90.7 Å². The van der Waals surface area contributed by atoms with Crippen molar-refractivity contribution >= 4 is 35.0 Å². The second-order valence-electron chi connectivity index (χ2n) is 8.30. The van der Waals surface area contributed by atoms with Crippen LogP contribution in [0.5, 0.6) is 17.2 Å². The van der Waals surface area contributed by atoms with Crippen LogP contribution in [0.1, 0.15) is 34.0 Å². The van der Waals surface area contributed by atoms with Gasteiger partial charge in [0.05, 0.1) is 35.3 Å². The quantitative estimate of drug-likeness (QED) is 0.284. The molecule has 36 heavy (non-hydrogen) atoms. The Morgan fingerprint density at radius 2 is 1.81 bits per heavy atom. The van der Waals surface area contributed by atoms with E-state index in [9.17, 15) is 14.7 Å². The summed E-state index contributed by atoms with van der Waals surface area (Å²) in [6.07, 6.45) is 2.34. The van der Waals surface area contributed by atoms with Gasteiger partial charge in [-0.3, -0.25) is 9.59 Å². The highest BCUT2D eigenvalue weighted by Crippen LogP contribution is 2.41. The lowest BCUT2D eigenvalue weighted by atomic mass is 9.93. The maximum atomic E-state index is 12.8. The zero-order chi connectivity index (χ0) is 25.2. The van der Waals surface area contributed by atoms with Crippen LogP contribution in [0, 0.1) is 0 Å². The van der Waals surface area contributed by atoms with E-state index in [-0.39, 0.29) is 17.2 Å². The van der Waals surface area contributed by atoms with Gasteiger partial charge in [-0.2, -0.15) is 5.10 Å². The van der Waals surface area contributed by atoms with Crippen LogP contribution in [0.3, 0.4) is 0 Å². The van der Waals surface area contributed by atoms with E-state index in [2.05, 4.69) is 5.10 Å². The molecule has 1 aliphatic rings. The number of fused-ring (bicyclic) bond motifs is 1. The molecule has 0 bridgehead atoms. The number of halogens is 2. The first-order valence-electron chi connectivity index (χ1n) is 11.2. The maximum absolute atomic E-state index is 12.8. The molecule has 0 spiro atoms. The summed E-state index contributed by atoms with van der Waals surface area (Å²) in [7, 11) is 0. The molecular weight excluding hydrogens is 503 g/mol. The molecule has 7 nitrogen and oxygen atoms in total. The van der Waals surface area contributed by atoms with Gasteiger partial charge >= 0.3 is 5.97 Å². The number of hydrogen-bond donors (Lipinski definition) is 1. The van der Waals surface area contributed by atoms with Gasteiger partial charge in [0.15, 0.2) is 5.78 Å². The summed E-state index contributed by atoms with van der Waals surface area (Å²) in [6.45, 7) is 0.305. The number of aliphatic carboxylic acids is 1. The number of carbonyl (C=O) groups excluding carboxylic acids is 1. The van der Waals surface area contributed by atoms with E-state index >= 15 is 0 Å². The standard InChI is InChI=1S/C27H20Cl2N2O5/c28-17-3-5-19(6-4-17)31-11-9-18(30-31)13-24(32)16-1-7-20(8-2-16)36-26-15-25-22(14-23(26)29)21(27(33)34)10-12-35-25/h1-9,11,14-15,21H,10,12-13H2,(H,33,34). The van der Waals surface area contributed by atoms with Crippen LogP contribution in [0.4, 0.5) is 0 Å². The molecule has 1 aliphatic heterocycles. The Bertz CT molecular complexity index is 1430. The summed E-state index contributed by atoms with van der Waals surface area (Å²) in [5.41, 5.74) is 2.55. The van der Waals surface area contributed by atoms with E-state index in [4.69, 9.17) is 32.7 Å². The molecular formula is C27H20Cl2N2O5. The second kappa shape index (κ2) is 10.0. The number of carboxylic acid groups (broad SMARTS) is 1. The van der Waals surface area contributed by atoms with Crippen LogP contribution in [0.25, 0.3) is 5.69 Å². The molecule has 182 valence electrons. The molecule has 5 rings (SSSR count). The zero-order valence-corrected chi connectivity index (χ0v) is 20.4. The molecule has 1 N–H and O–H groups in total. The highest BCUT2D eigenvalue weighted by Gasteiger charge is 2.29. The second-order valence-corrected chi connectivity index (χ2v) is 9.15. The summed E-state index contributed by atoms with van der Waals surface area (Å²) < 4.78 is 13.2. The molecule has 1 aromatic heterocycles. The van der Waals surface area contributed by atoms with Gasteiger partial charge in [-0.05, 0) is 67.1 Å². The molecule has 0 radical (unpaired) electrons. The lowest BCUT2D eigenvalue weighted by Gasteiger charge is -2.24. The Morgan fingerprint density at radius 3 is 2.53 bits per heavy atom. The van der Waals surface area contributed by atoms with Crippen molar-refractivity contribution in [3.8, 4) is 22.9 Å². The van der Waals surface area contributed by atoms with Gasteiger partial charge in [0.1, 0.15) is 17.2 Å². The van der Waals surface area contributed by atoms with E-state index < -0.39 is 11.9 Å². The third-order valence-corrected chi connectivity index (χ3v) is 6.43. The Balaban J connectivity index is 1.26. The number of aromatic nitrogens is 2. The number of nitrogens with zero attached hydrogens (tertiary/aromatic N) is 2. The van der Waals surface area contributed by atoms with Crippen molar-refractivity contribution in [2.75, 3.05) is 6.61 Å². The highest BCUT2D eigenvalue weighted by molar-refractivity contribution is 6.32. The lowest BCUT2D eigenvalue weighted by Crippen LogP contribution is -2.20. The van der Waals surface area contributed by atoms with Gasteiger partial charge in [0.25, 0.3) is 0 Å². The third-order valence-electron chi connectivity index (χ3n) is 5.88. The van der Waals surface area contributed by atoms with Crippen LogP contribution < -0.4 is 9.47 Å². The number of ketones is 1. The van der Waals surface area contributed by atoms with Crippen molar-refractivity contribution in [1.82, 2.24) is 9.78 Å². The summed E-state index contributed by atoms with van der Waals surface area (Å²) in [6, 6.07) is 19.0. The van der Waals surface area contributed by atoms with Crippen LogP contribution in [0.15, 0.2) is 72.9 Å². The number of carbonyl (C=O) groups is 2. The molecule has 0 saturated heterocycles. The van der Waals surface area contributed by atoms with E-state index in [0.29, 0.717) is 52.1 Å². The number of Topliss-reactive ketones (excluding diaryl/α,β-unsaturated/α-hetero) is 1. The minimum Gasteiger partial charge on any atom is -0.493 e. The van der Waals surface area contributed by atoms with Crippen molar-refractivity contribution in [2.24, 2.45) is 0 Å². The summed E-state index contributed by atoms with van der Waals surface area (Å²) in [5.74, 6) is -0.399. The average Bonchev–Trinajstić information content (AvgIpc) is 3.33. The van der Waals surface area contributed by atoms with Crippen LogP contribution in [-0.4, -0.2) is 33.2 Å². The normalized spacial score (nSPS) is 14.6. The van der Waals surface area contributed by atoms with Gasteiger partial charge < -0.3 is 14.6 Å². The first-order chi connectivity index (χ1) is 17.4. The van der Waals surface area contributed by atoms with Crippen molar-refractivity contribution in [1.29, 1.82) is 0 Å². The third kappa shape index (κ3) is 5.08. The van der Waals surface area contributed by atoms with Crippen molar-refractivity contribution in [3.05, 3.63) is 99.8 Å². The number of hydrogen-bond acceptors (Lipinski definition) is 5. The minimum atomic E-state index is -0.915. The summed E-state index contributed by atoms with van der Waals surface area (Å²) in [5, 5.41) is 14.8. The molecule has 1 unspecified atom stereocenters. The van der Waals surface area contributed by atoms with E-state index in [1.165, 1.54) is 0 Å². The average molecular weight is 523 g/mol. The Labute approximate surface area is 216 Å². The molecule has 9 heteroatoms. The highest BCUT2D eigenvalue weighted by atomic mass is 35.5. The van der Waals surface area contributed by atoms with E-state index in [1.54, 1.807) is 65.5 Å². The summed E-state index contributed by atoms with van der Waals surface area (Å²) in [4.78, 5) is 24.3. The maximum Gasteiger partial charge on any atom is 0.311 e. The molecule has 2 heterocycles. The number of benzene rings is 3. The molecule has 1 atom stereocenters. The SMILES string of the molecule is O=C(Cc1ccn(-c2ccc(Cl)cc2)n1)c1ccc(Oc2cc3c(cc2Cl)C(C(=O)O)CCO3)cc1. The van der Waals surface area contributed by atoms with Gasteiger partial charge in [-0.25, -0.2) is 4.68 Å². The largest absolute Gasteiger partial charge is 0.493 e. The first kappa shape index (κ1) is 23.9. The monoisotopic (exact) mass is 522 g/mol. The fourth-order valence-corrected chi connectivity index (χ4v) is 4.36. The van der Waals surface area contributed by atoms with Gasteiger partial charge in [0, 0.05) is 28.4 Å². The number of carboxylic acids is 1. The van der Waals surface area contributed by atoms with Crippen LogP contribution in [0.2, 0.25) is 10.0 Å². The zero-order valence-electron chi connectivity index (χ0n) is 18.9. The Hall–Kier alpha value is -3.81. The first-order valence-corrected chi connectivity index (χ1v) is 11.9. The van der Waals surface area contributed by atoms with Crippen LogP contribution in [-0.2, 0) is 11.2 Å². The molecule has 3 aromatic carbocycles. The fraction of sp³-hybridized carbons (Fsp3) is 0.148. The van der Waals surface area contributed by atoms with Crippen molar-refractivity contribution in [3.63, 3.8) is 0 Å². The van der Waals surface area contributed by atoms with Gasteiger partial charge in [0.2, 0.25) is 0 Å². The Kier molecular flexibility index (Phi) is 6.67. The van der Waals surface area contributed by atoms with Gasteiger partial charge in [-0.15, -0.1) is 0 Å². The fourth-order valence-electron chi connectivity index (χ4n) is 4.02. The van der Waals surface area contributed by atoms with E-state index in [1.807, 2.05) is 12.1 Å². The predicted molar refractivity (Wildman–Crippen MR) is 135 cm³/mol. The number of ether oxygens (including phenoxy) is 2.